The fraction of sp³-hybridized carbons (Fsp3) is 1.00. The summed E-state index contributed by atoms with van der Waals surface area (Å²) in [7, 11) is 1.66. The molecule has 0 saturated carbocycles. The molecule has 0 saturated heterocycles. The van der Waals surface area contributed by atoms with Gasteiger partial charge in [-0.15, -0.1) is 0 Å². The van der Waals surface area contributed by atoms with Crippen molar-refractivity contribution in [3.05, 3.63) is 0 Å². The maximum absolute atomic E-state index is 5.29. The lowest BCUT2D eigenvalue weighted by Crippen LogP contribution is -3.00. The van der Waals surface area contributed by atoms with Crippen molar-refractivity contribution in [1.29, 1.82) is 0 Å². The van der Waals surface area contributed by atoms with Gasteiger partial charge in [0.1, 0.15) is 0 Å². The molecule has 0 aliphatic carbocycles. The quantitative estimate of drug-likeness (QED) is 0.454. The summed E-state index contributed by atoms with van der Waals surface area (Å²) < 4.78 is 4.96. The number of hydrogen-bond acceptors (Lipinski definition) is 2. The minimum Gasteiger partial charge on any atom is -1.00 e. The SMILES string of the molecule is COC(C)(C)CN.[Cl-]. The zero-order valence-corrected chi connectivity index (χ0v) is 6.33. The second-order valence-corrected chi connectivity index (χ2v) is 2.17. The summed E-state index contributed by atoms with van der Waals surface area (Å²) in [5, 5.41) is 0. The molecule has 0 unspecified atom stereocenters. The van der Waals surface area contributed by atoms with Crippen molar-refractivity contribution in [2.45, 2.75) is 19.4 Å². The monoisotopic (exact) mass is 138 g/mol. The fourth-order valence-electron chi connectivity index (χ4n) is 0.0833. The van der Waals surface area contributed by atoms with Crippen LogP contribution in [0, 0.1) is 0 Å². The van der Waals surface area contributed by atoms with Gasteiger partial charge < -0.3 is 22.9 Å². The molecular weight excluding hydrogens is 126 g/mol. The van der Waals surface area contributed by atoms with Gasteiger partial charge in [0.2, 0.25) is 0 Å². The Balaban J connectivity index is 0. The molecule has 0 atom stereocenters. The normalized spacial score (nSPS) is 10.5. The molecule has 0 rings (SSSR count). The molecule has 0 aromatic rings. The van der Waals surface area contributed by atoms with E-state index >= 15 is 0 Å². The van der Waals surface area contributed by atoms with Gasteiger partial charge in [0, 0.05) is 13.7 Å². The van der Waals surface area contributed by atoms with E-state index in [1.165, 1.54) is 0 Å². The fourth-order valence-corrected chi connectivity index (χ4v) is 0.0833. The van der Waals surface area contributed by atoms with Crippen LogP contribution in [0.25, 0.3) is 0 Å². The van der Waals surface area contributed by atoms with E-state index in [9.17, 15) is 0 Å². The van der Waals surface area contributed by atoms with Gasteiger partial charge in [-0.25, -0.2) is 0 Å². The first kappa shape index (κ1) is 11.1. The van der Waals surface area contributed by atoms with E-state index in [0.717, 1.165) is 0 Å². The summed E-state index contributed by atoms with van der Waals surface area (Å²) in [6, 6.07) is 0. The second-order valence-electron chi connectivity index (χ2n) is 2.17. The van der Waals surface area contributed by atoms with Crippen molar-refractivity contribution in [3.63, 3.8) is 0 Å². The number of rotatable bonds is 2. The highest BCUT2D eigenvalue weighted by molar-refractivity contribution is 4.66. The van der Waals surface area contributed by atoms with Gasteiger partial charge in [0.25, 0.3) is 0 Å². The molecule has 52 valence electrons. The van der Waals surface area contributed by atoms with E-state index in [2.05, 4.69) is 0 Å². The molecule has 2 N–H and O–H groups in total. The van der Waals surface area contributed by atoms with Crippen LogP contribution >= 0.6 is 0 Å². The molecule has 2 nitrogen and oxygen atoms in total. The van der Waals surface area contributed by atoms with Crippen LogP contribution in [-0.4, -0.2) is 19.3 Å². The zero-order valence-electron chi connectivity index (χ0n) is 5.57. The molecule has 0 fully saturated rings. The average molecular weight is 139 g/mol. The van der Waals surface area contributed by atoms with Crippen LogP contribution in [0.15, 0.2) is 0 Å². The Bertz CT molecular complexity index is 50.4. The summed E-state index contributed by atoms with van der Waals surface area (Å²) in [6.07, 6.45) is 0. The average Bonchev–Trinajstić information content (AvgIpc) is 1.68. The van der Waals surface area contributed by atoms with Crippen molar-refractivity contribution in [2.24, 2.45) is 5.73 Å². The number of ether oxygens (including phenoxy) is 1. The maximum atomic E-state index is 5.29. The van der Waals surface area contributed by atoms with E-state index in [1.54, 1.807) is 7.11 Å². The molecule has 0 spiro atoms. The van der Waals surface area contributed by atoms with Crippen molar-refractivity contribution >= 4 is 0 Å². The van der Waals surface area contributed by atoms with Crippen molar-refractivity contribution in [3.8, 4) is 0 Å². The highest BCUT2D eigenvalue weighted by Gasteiger charge is 2.11. The van der Waals surface area contributed by atoms with Crippen LogP contribution in [0.3, 0.4) is 0 Å². The van der Waals surface area contributed by atoms with Crippen LogP contribution in [0.2, 0.25) is 0 Å². The van der Waals surface area contributed by atoms with Gasteiger partial charge in [0.05, 0.1) is 5.60 Å². The smallest absolute Gasteiger partial charge is 0.0744 e. The Labute approximate surface area is 56.8 Å². The molecule has 0 aliphatic rings. The van der Waals surface area contributed by atoms with E-state index in [-0.39, 0.29) is 18.0 Å². The summed E-state index contributed by atoms with van der Waals surface area (Å²) in [5.41, 5.74) is 5.15. The zero-order chi connectivity index (χ0) is 5.91. The van der Waals surface area contributed by atoms with Crippen molar-refractivity contribution in [2.75, 3.05) is 13.7 Å². The Morgan fingerprint density at radius 3 is 1.88 bits per heavy atom. The highest BCUT2D eigenvalue weighted by Crippen LogP contribution is 2.01. The molecule has 0 heterocycles. The number of halogens is 1. The topological polar surface area (TPSA) is 35.2 Å². The first-order valence-electron chi connectivity index (χ1n) is 2.37. The Kier molecular flexibility index (Phi) is 5.71. The molecular formula is C5H13ClNO-. The van der Waals surface area contributed by atoms with Gasteiger partial charge >= 0.3 is 0 Å². The number of methoxy groups -OCH3 is 1. The lowest BCUT2D eigenvalue weighted by atomic mass is 10.1. The minimum atomic E-state index is -0.139. The third-order valence-corrected chi connectivity index (χ3v) is 1.04. The first-order valence-corrected chi connectivity index (χ1v) is 2.37. The molecule has 0 aromatic heterocycles. The minimum absolute atomic E-state index is 0. The van der Waals surface area contributed by atoms with Gasteiger partial charge in [-0.1, -0.05) is 0 Å². The molecule has 8 heavy (non-hydrogen) atoms. The predicted molar refractivity (Wildman–Crippen MR) is 30.1 cm³/mol. The summed E-state index contributed by atoms with van der Waals surface area (Å²) in [5.74, 6) is 0. The summed E-state index contributed by atoms with van der Waals surface area (Å²) in [6.45, 7) is 4.48. The third kappa shape index (κ3) is 4.37. The Morgan fingerprint density at radius 1 is 1.50 bits per heavy atom. The van der Waals surface area contributed by atoms with Crippen molar-refractivity contribution in [1.82, 2.24) is 0 Å². The third-order valence-electron chi connectivity index (χ3n) is 1.04. The van der Waals surface area contributed by atoms with E-state index in [0.29, 0.717) is 6.54 Å². The predicted octanol–water partition coefficient (Wildman–Crippen LogP) is -2.63. The van der Waals surface area contributed by atoms with Crippen molar-refractivity contribution < 1.29 is 17.1 Å². The maximum Gasteiger partial charge on any atom is 0.0744 e. The molecule has 0 aliphatic heterocycles. The van der Waals surface area contributed by atoms with Gasteiger partial charge in [-0.2, -0.15) is 0 Å². The first-order chi connectivity index (χ1) is 3.12. The molecule has 0 radical (unpaired) electrons. The lowest BCUT2D eigenvalue weighted by Gasteiger charge is -2.19. The van der Waals surface area contributed by atoms with Crippen LogP contribution in [0.1, 0.15) is 13.8 Å². The van der Waals surface area contributed by atoms with Crippen LogP contribution in [0.5, 0.6) is 0 Å². The molecule has 0 aromatic carbocycles. The van der Waals surface area contributed by atoms with Gasteiger partial charge in [-0.05, 0) is 13.8 Å². The molecule has 0 amide bonds. The van der Waals surface area contributed by atoms with Gasteiger partial charge in [0.15, 0.2) is 0 Å². The summed E-state index contributed by atoms with van der Waals surface area (Å²) in [4.78, 5) is 0. The van der Waals surface area contributed by atoms with E-state index in [4.69, 9.17) is 10.5 Å². The van der Waals surface area contributed by atoms with E-state index in [1.807, 2.05) is 13.8 Å². The van der Waals surface area contributed by atoms with Crippen LogP contribution < -0.4 is 18.1 Å². The standard InChI is InChI=1S/C5H13NO.ClH/c1-5(2,4-6)7-3;/h4,6H2,1-3H3;1H/p-1. The number of nitrogens with two attached hydrogens (primary N) is 1. The largest absolute Gasteiger partial charge is 1.00 e. The number of hydrogen-bond donors (Lipinski definition) is 1. The highest BCUT2D eigenvalue weighted by atomic mass is 35.5. The van der Waals surface area contributed by atoms with Crippen LogP contribution in [0.4, 0.5) is 0 Å². The summed E-state index contributed by atoms with van der Waals surface area (Å²) >= 11 is 0. The second kappa shape index (κ2) is 4.13. The Morgan fingerprint density at radius 2 is 1.88 bits per heavy atom. The lowest BCUT2D eigenvalue weighted by molar-refractivity contribution is -0.00000949. The molecule has 3 heteroatoms. The van der Waals surface area contributed by atoms with Gasteiger partial charge in [-0.3, -0.25) is 0 Å². The van der Waals surface area contributed by atoms with Crippen LogP contribution in [-0.2, 0) is 4.74 Å². The Hall–Kier alpha value is 0.210. The van der Waals surface area contributed by atoms with E-state index < -0.39 is 0 Å². The molecule has 0 bridgehead atoms.